The highest BCUT2D eigenvalue weighted by molar-refractivity contribution is 5.68. The second kappa shape index (κ2) is 6.05. The number of hydrogen-bond donors (Lipinski definition) is 1. The Morgan fingerprint density at radius 2 is 2.24 bits per heavy atom. The zero-order valence-electron chi connectivity index (χ0n) is 13.6. The maximum atomic E-state index is 12.1. The first kappa shape index (κ1) is 15.8. The van der Waals surface area contributed by atoms with Crippen molar-refractivity contribution in [2.24, 2.45) is 13.0 Å². The van der Waals surface area contributed by atoms with Gasteiger partial charge in [-0.25, -0.2) is 9.78 Å². The molecule has 1 amide bonds. The Hall–Kier alpha value is -1.56. The molecule has 2 heterocycles. The fourth-order valence-corrected chi connectivity index (χ4v) is 2.80. The van der Waals surface area contributed by atoms with E-state index in [1.54, 1.807) is 11.1 Å². The number of likely N-dealkylation sites (tertiary alicyclic amines) is 1. The minimum atomic E-state index is -0.447. The summed E-state index contributed by atoms with van der Waals surface area (Å²) in [5.41, 5.74) is -0.447. The summed E-state index contributed by atoms with van der Waals surface area (Å²) in [5, 5.41) is 3.33. The molecule has 0 radical (unpaired) electrons. The van der Waals surface area contributed by atoms with Gasteiger partial charge in [0.05, 0.1) is 6.04 Å². The lowest BCUT2D eigenvalue weighted by atomic mass is 9.98. The molecule has 6 nitrogen and oxygen atoms in total. The Labute approximate surface area is 126 Å². The van der Waals surface area contributed by atoms with Crippen molar-refractivity contribution in [1.82, 2.24) is 19.8 Å². The van der Waals surface area contributed by atoms with Crippen LogP contribution in [0, 0.1) is 5.92 Å². The molecule has 0 spiro atoms. The molecule has 6 heteroatoms. The predicted molar refractivity (Wildman–Crippen MR) is 80.9 cm³/mol. The van der Waals surface area contributed by atoms with Crippen molar-refractivity contribution in [3.63, 3.8) is 0 Å². The molecule has 1 aromatic heterocycles. The molecule has 0 saturated carbocycles. The van der Waals surface area contributed by atoms with Gasteiger partial charge in [-0.1, -0.05) is 0 Å². The van der Waals surface area contributed by atoms with Gasteiger partial charge < -0.3 is 19.5 Å². The lowest BCUT2D eigenvalue weighted by Crippen LogP contribution is -2.36. The SMILES string of the molecule is CNC(c1nccn1C)C1CCN(C(=O)OC(C)(C)C)C1. The Balaban J connectivity index is 2.01. The fourth-order valence-electron chi connectivity index (χ4n) is 2.80. The Morgan fingerprint density at radius 3 is 2.76 bits per heavy atom. The molecule has 118 valence electrons. The normalized spacial score (nSPS) is 20.6. The van der Waals surface area contributed by atoms with E-state index in [2.05, 4.69) is 10.3 Å². The second-order valence-electron chi connectivity index (χ2n) is 6.64. The summed E-state index contributed by atoms with van der Waals surface area (Å²) in [7, 11) is 3.93. The molecule has 1 aromatic rings. The molecule has 0 aliphatic carbocycles. The maximum Gasteiger partial charge on any atom is 0.410 e. The van der Waals surface area contributed by atoms with Gasteiger partial charge in [0, 0.05) is 38.4 Å². The lowest BCUT2D eigenvalue weighted by molar-refractivity contribution is 0.0285. The van der Waals surface area contributed by atoms with Crippen molar-refractivity contribution in [3.05, 3.63) is 18.2 Å². The van der Waals surface area contributed by atoms with Gasteiger partial charge in [-0.2, -0.15) is 0 Å². The third kappa shape index (κ3) is 3.75. The second-order valence-corrected chi connectivity index (χ2v) is 6.64. The zero-order valence-corrected chi connectivity index (χ0v) is 13.6. The maximum absolute atomic E-state index is 12.1. The summed E-state index contributed by atoms with van der Waals surface area (Å²) in [5.74, 6) is 1.36. The van der Waals surface area contributed by atoms with E-state index in [9.17, 15) is 4.79 Å². The number of rotatable bonds is 3. The number of amides is 1. The Morgan fingerprint density at radius 1 is 1.52 bits per heavy atom. The summed E-state index contributed by atoms with van der Waals surface area (Å²) in [4.78, 5) is 18.4. The van der Waals surface area contributed by atoms with E-state index in [-0.39, 0.29) is 12.1 Å². The van der Waals surface area contributed by atoms with Crippen LogP contribution in [0.1, 0.15) is 39.1 Å². The highest BCUT2D eigenvalue weighted by Crippen LogP contribution is 2.29. The van der Waals surface area contributed by atoms with Crippen molar-refractivity contribution in [2.45, 2.75) is 38.8 Å². The molecule has 1 saturated heterocycles. The number of aromatic nitrogens is 2. The van der Waals surface area contributed by atoms with Gasteiger partial charge in [-0.3, -0.25) is 0 Å². The van der Waals surface area contributed by atoms with Crippen molar-refractivity contribution in [3.8, 4) is 0 Å². The smallest absolute Gasteiger partial charge is 0.410 e. The average Bonchev–Trinajstić information content (AvgIpc) is 2.99. The van der Waals surface area contributed by atoms with Crippen LogP contribution >= 0.6 is 0 Å². The van der Waals surface area contributed by atoms with Crippen LogP contribution in [-0.4, -0.2) is 46.3 Å². The van der Waals surface area contributed by atoms with Gasteiger partial charge in [0.15, 0.2) is 0 Å². The zero-order chi connectivity index (χ0) is 15.6. The summed E-state index contributed by atoms with van der Waals surface area (Å²) >= 11 is 0. The van der Waals surface area contributed by atoms with Gasteiger partial charge >= 0.3 is 6.09 Å². The summed E-state index contributed by atoms with van der Waals surface area (Å²) in [6.45, 7) is 7.11. The molecule has 0 bridgehead atoms. The van der Waals surface area contributed by atoms with Crippen LogP contribution < -0.4 is 5.32 Å². The van der Waals surface area contributed by atoms with Gasteiger partial charge in [-0.15, -0.1) is 0 Å². The van der Waals surface area contributed by atoms with Crippen molar-refractivity contribution in [2.75, 3.05) is 20.1 Å². The van der Waals surface area contributed by atoms with Gasteiger partial charge in [0.2, 0.25) is 0 Å². The number of carbonyl (C=O) groups is 1. The van der Waals surface area contributed by atoms with Crippen LogP contribution in [-0.2, 0) is 11.8 Å². The summed E-state index contributed by atoms with van der Waals surface area (Å²) in [6.07, 6.45) is 4.48. The third-order valence-electron chi connectivity index (χ3n) is 3.80. The standard InChI is InChI=1S/C15H26N4O2/c1-15(2,3)21-14(20)19-8-6-11(10-19)12(16-4)13-17-7-9-18(13)5/h7,9,11-12,16H,6,8,10H2,1-5H3. The van der Waals surface area contributed by atoms with E-state index in [0.29, 0.717) is 12.5 Å². The van der Waals surface area contributed by atoms with E-state index >= 15 is 0 Å². The van der Waals surface area contributed by atoms with Crippen LogP contribution in [0.3, 0.4) is 0 Å². The van der Waals surface area contributed by atoms with Crippen LogP contribution in [0.5, 0.6) is 0 Å². The number of imidazole rings is 1. The molecular formula is C15H26N4O2. The number of hydrogen-bond acceptors (Lipinski definition) is 4. The van der Waals surface area contributed by atoms with E-state index in [0.717, 1.165) is 18.8 Å². The molecule has 2 unspecified atom stereocenters. The average molecular weight is 294 g/mol. The third-order valence-corrected chi connectivity index (χ3v) is 3.80. The van der Waals surface area contributed by atoms with Crippen molar-refractivity contribution < 1.29 is 9.53 Å². The number of carbonyl (C=O) groups excluding carboxylic acids is 1. The van der Waals surface area contributed by atoms with Gasteiger partial charge in [0.1, 0.15) is 11.4 Å². The molecule has 21 heavy (non-hydrogen) atoms. The first-order chi connectivity index (χ1) is 9.81. The number of nitrogens with one attached hydrogen (secondary N) is 1. The highest BCUT2D eigenvalue weighted by atomic mass is 16.6. The van der Waals surface area contributed by atoms with Crippen LogP contribution in [0.15, 0.2) is 12.4 Å². The lowest BCUT2D eigenvalue weighted by Gasteiger charge is -2.26. The molecule has 1 aliphatic rings. The summed E-state index contributed by atoms with van der Waals surface area (Å²) < 4.78 is 7.47. The fraction of sp³-hybridized carbons (Fsp3) is 0.733. The number of aryl methyl sites for hydroxylation is 1. The van der Waals surface area contributed by atoms with Gasteiger partial charge in [0.25, 0.3) is 0 Å². The van der Waals surface area contributed by atoms with Crippen LogP contribution in [0.4, 0.5) is 4.79 Å². The topological polar surface area (TPSA) is 59.4 Å². The van der Waals surface area contributed by atoms with E-state index in [1.165, 1.54) is 0 Å². The van der Waals surface area contributed by atoms with E-state index in [4.69, 9.17) is 4.74 Å². The quantitative estimate of drug-likeness (QED) is 0.925. The molecule has 1 aliphatic heterocycles. The first-order valence-electron chi connectivity index (χ1n) is 7.44. The molecule has 2 rings (SSSR count). The molecule has 0 aromatic carbocycles. The Bertz CT molecular complexity index is 492. The highest BCUT2D eigenvalue weighted by Gasteiger charge is 2.35. The van der Waals surface area contributed by atoms with Crippen LogP contribution in [0.25, 0.3) is 0 Å². The number of ether oxygens (including phenoxy) is 1. The van der Waals surface area contributed by atoms with Crippen LogP contribution in [0.2, 0.25) is 0 Å². The molecule has 2 atom stereocenters. The Kier molecular flexibility index (Phi) is 4.56. The minimum absolute atomic E-state index is 0.150. The molecular weight excluding hydrogens is 268 g/mol. The van der Waals surface area contributed by atoms with Crippen molar-refractivity contribution >= 4 is 6.09 Å². The number of nitrogens with zero attached hydrogens (tertiary/aromatic N) is 3. The van der Waals surface area contributed by atoms with E-state index < -0.39 is 5.60 Å². The molecule has 1 fully saturated rings. The van der Waals surface area contributed by atoms with Gasteiger partial charge in [-0.05, 0) is 34.2 Å². The molecule has 1 N–H and O–H groups in total. The largest absolute Gasteiger partial charge is 0.444 e. The minimum Gasteiger partial charge on any atom is -0.444 e. The summed E-state index contributed by atoms with van der Waals surface area (Å²) in [6, 6.07) is 0.150. The van der Waals surface area contributed by atoms with E-state index in [1.807, 2.05) is 45.6 Å². The monoisotopic (exact) mass is 294 g/mol. The predicted octanol–water partition coefficient (Wildman–Crippen LogP) is 1.94. The first-order valence-corrected chi connectivity index (χ1v) is 7.44. The van der Waals surface area contributed by atoms with Crippen molar-refractivity contribution in [1.29, 1.82) is 0 Å².